The molecule has 0 aromatic heterocycles. The summed E-state index contributed by atoms with van der Waals surface area (Å²) < 4.78 is 0. The van der Waals surface area contributed by atoms with E-state index in [1.165, 1.54) is 12.8 Å². The van der Waals surface area contributed by atoms with Crippen LogP contribution in [0.15, 0.2) is 0 Å². The molecule has 0 unspecified atom stereocenters. The molecule has 4 heteroatoms. The summed E-state index contributed by atoms with van der Waals surface area (Å²) in [4.78, 5) is 4.96. The lowest BCUT2D eigenvalue weighted by molar-refractivity contribution is 0.161. The van der Waals surface area contributed by atoms with Crippen LogP contribution in [0, 0.1) is 0 Å². The Balaban J connectivity index is 2.74. The average molecular weight is 313 g/mol. The Morgan fingerprint density at radius 2 is 1.05 bits per heavy atom. The van der Waals surface area contributed by atoms with E-state index in [4.69, 9.17) is 0 Å². The van der Waals surface area contributed by atoms with Gasteiger partial charge in [0.05, 0.1) is 0 Å². The summed E-state index contributed by atoms with van der Waals surface area (Å²) in [6.45, 7) is 18.3. The number of rotatable bonds is 0. The smallest absolute Gasteiger partial charge is 0.0140 e. The van der Waals surface area contributed by atoms with Crippen LogP contribution in [0.3, 0.4) is 0 Å². The first-order valence-electron chi connectivity index (χ1n) is 8.93. The van der Waals surface area contributed by atoms with Gasteiger partial charge in [-0.15, -0.1) is 0 Å². The standard InChI is InChI=1S/C18H40N4/c1-15-13-17(3,4)19-10-12-22(8)16(2)14-18(5,6)20-9-11-21(15)7/h15-16,19-20H,9-14H2,1-8H3/t15-,16-/m0/s1. The lowest BCUT2D eigenvalue weighted by Crippen LogP contribution is -2.52. The molecule has 0 bridgehead atoms. The molecule has 1 aliphatic heterocycles. The van der Waals surface area contributed by atoms with E-state index >= 15 is 0 Å². The van der Waals surface area contributed by atoms with Crippen LogP contribution < -0.4 is 10.6 Å². The van der Waals surface area contributed by atoms with Crippen LogP contribution >= 0.6 is 0 Å². The van der Waals surface area contributed by atoms with Gasteiger partial charge in [0.15, 0.2) is 0 Å². The van der Waals surface area contributed by atoms with Gasteiger partial charge in [-0.3, -0.25) is 0 Å². The van der Waals surface area contributed by atoms with Crippen molar-refractivity contribution in [2.45, 2.75) is 77.5 Å². The molecule has 4 nitrogen and oxygen atoms in total. The summed E-state index contributed by atoms with van der Waals surface area (Å²) in [5, 5.41) is 7.50. The van der Waals surface area contributed by atoms with Crippen molar-refractivity contribution in [2.24, 2.45) is 0 Å². The predicted molar refractivity (Wildman–Crippen MR) is 97.6 cm³/mol. The van der Waals surface area contributed by atoms with Crippen molar-refractivity contribution in [3.05, 3.63) is 0 Å². The molecule has 1 heterocycles. The summed E-state index contributed by atoms with van der Waals surface area (Å²) >= 11 is 0. The van der Waals surface area contributed by atoms with Gasteiger partial charge in [0, 0.05) is 49.3 Å². The maximum atomic E-state index is 3.75. The van der Waals surface area contributed by atoms with Gasteiger partial charge < -0.3 is 20.4 Å². The van der Waals surface area contributed by atoms with Gasteiger partial charge in [-0.2, -0.15) is 0 Å². The van der Waals surface area contributed by atoms with Crippen LogP contribution in [0.1, 0.15) is 54.4 Å². The zero-order chi connectivity index (χ0) is 17.0. The van der Waals surface area contributed by atoms with Gasteiger partial charge in [-0.1, -0.05) is 0 Å². The van der Waals surface area contributed by atoms with Crippen LogP contribution in [0.5, 0.6) is 0 Å². The molecular formula is C18H40N4. The number of hydrogen-bond donors (Lipinski definition) is 2. The molecule has 1 aliphatic rings. The van der Waals surface area contributed by atoms with Crippen molar-refractivity contribution < 1.29 is 0 Å². The Morgan fingerprint density at radius 1 is 0.727 bits per heavy atom. The van der Waals surface area contributed by atoms with Crippen LogP contribution in [-0.4, -0.2) is 73.2 Å². The van der Waals surface area contributed by atoms with Crippen LogP contribution in [0.25, 0.3) is 0 Å². The van der Waals surface area contributed by atoms with Gasteiger partial charge in [-0.05, 0) is 68.5 Å². The normalized spacial score (nSPS) is 33.3. The largest absolute Gasteiger partial charge is 0.310 e. The highest BCUT2D eigenvalue weighted by molar-refractivity contribution is 4.87. The fraction of sp³-hybridized carbons (Fsp3) is 1.00. The lowest BCUT2D eigenvalue weighted by atomic mass is 9.94. The van der Waals surface area contributed by atoms with E-state index in [2.05, 4.69) is 76.1 Å². The van der Waals surface area contributed by atoms with E-state index in [1.54, 1.807) is 0 Å². The van der Waals surface area contributed by atoms with Crippen LogP contribution in [0.4, 0.5) is 0 Å². The summed E-state index contributed by atoms with van der Waals surface area (Å²) in [7, 11) is 4.50. The number of hydrogen-bond acceptors (Lipinski definition) is 4. The predicted octanol–water partition coefficient (Wildman–Crippen LogP) is 2.16. The molecule has 0 radical (unpaired) electrons. The topological polar surface area (TPSA) is 30.5 Å². The van der Waals surface area contributed by atoms with Gasteiger partial charge in [0.2, 0.25) is 0 Å². The van der Waals surface area contributed by atoms with Gasteiger partial charge >= 0.3 is 0 Å². The number of likely N-dealkylation sites (N-methyl/N-ethyl adjacent to an activating group) is 2. The molecule has 0 saturated carbocycles. The highest BCUT2D eigenvalue weighted by Crippen LogP contribution is 2.17. The van der Waals surface area contributed by atoms with E-state index in [9.17, 15) is 0 Å². The molecule has 0 aromatic carbocycles. The summed E-state index contributed by atoms with van der Waals surface area (Å²) in [6, 6.07) is 1.18. The quantitative estimate of drug-likeness (QED) is 0.717. The van der Waals surface area contributed by atoms with Gasteiger partial charge in [-0.25, -0.2) is 0 Å². The Labute approximate surface area is 139 Å². The average Bonchev–Trinajstić information content (AvgIpc) is 2.35. The van der Waals surface area contributed by atoms with E-state index in [-0.39, 0.29) is 11.1 Å². The minimum absolute atomic E-state index is 0.189. The molecule has 2 N–H and O–H groups in total. The van der Waals surface area contributed by atoms with E-state index in [0.29, 0.717) is 12.1 Å². The zero-order valence-electron chi connectivity index (χ0n) is 16.3. The first-order valence-corrected chi connectivity index (χ1v) is 8.93. The minimum Gasteiger partial charge on any atom is -0.310 e. The fourth-order valence-corrected chi connectivity index (χ4v) is 3.52. The Hall–Kier alpha value is -0.160. The molecule has 132 valence electrons. The maximum absolute atomic E-state index is 3.75. The third-order valence-electron chi connectivity index (χ3n) is 5.25. The molecule has 0 amide bonds. The fourth-order valence-electron chi connectivity index (χ4n) is 3.52. The zero-order valence-corrected chi connectivity index (χ0v) is 16.3. The molecule has 2 atom stereocenters. The van der Waals surface area contributed by atoms with Crippen molar-refractivity contribution in [1.82, 2.24) is 20.4 Å². The minimum atomic E-state index is 0.189. The third-order valence-corrected chi connectivity index (χ3v) is 5.25. The molecule has 22 heavy (non-hydrogen) atoms. The second-order valence-corrected chi connectivity index (χ2v) is 8.69. The highest BCUT2D eigenvalue weighted by atomic mass is 15.2. The summed E-state index contributed by atoms with van der Waals surface area (Å²) in [6.07, 6.45) is 2.35. The van der Waals surface area contributed by atoms with Crippen LogP contribution in [0.2, 0.25) is 0 Å². The van der Waals surface area contributed by atoms with E-state index in [1.807, 2.05) is 0 Å². The maximum Gasteiger partial charge on any atom is 0.0140 e. The second-order valence-electron chi connectivity index (χ2n) is 8.69. The molecule has 0 aromatic rings. The number of nitrogens with one attached hydrogen (secondary N) is 2. The summed E-state index contributed by atoms with van der Waals surface area (Å²) in [5.74, 6) is 0. The number of nitrogens with zero attached hydrogens (tertiary/aromatic N) is 2. The Morgan fingerprint density at radius 3 is 1.36 bits per heavy atom. The highest BCUT2D eigenvalue weighted by Gasteiger charge is 2.26. The Bertz CT molecular complexity index is 295. The van der Waals surface area contributed by atoms with Crippen LogP contribution in [-0.2, 0) is 0 Å². The summed E-state index contributed by atoms with van der Waals surface area (Å²) in [5.41, 5.74) is 0.378. The molecule has 0 aliphatic carbocycles. The van der Waals surface area contributed by atoms with Crippen molar-refractivity contribution in [2.75, 3.05) is 40.3 Å². The van der Waals surface area contributed by atoms with Crippen molar-refractivity contribution >= 4 is 0 Å². The van der Waals surface area contributed by atoms with Crippen molar-refractivity contribution in [3.8, 4) is 0 Å². The van der Waals surface area contributed by atoms with Crippen molar-refractivity contribution in [1.29, 1.82) is 0 Å². The first-order chi connectivity index (χ1) is 10.0. The molecule has 0 spiro atoms. The van der Waals surface area contributed by atoms with E-state index < -0.39 is 0 Å². The Kier molecular flexibility index (Phi) is 7.31. The second kappa shape index (κ2) is 8.09. The van der Waals surface area contributed by atoms with Gasteiger partial charge in [0.1, 0.15) is 0 Å². The monoisotopic (exact) mass is 312 g/mol. The third kappa shape index (κ3) is 6.95. The first kappa shape index (κ1) is 19.9. The molecular weight excluding hydrogens is 272 g/mol. The molecule has 1 fully saturated rings. The SMILES string of the molecule is C[C@H]1CC(C)(C)NCCN(C)[C@@H](C)CC(C)(C)NCCN1C. The lowest BCUT2D eigenvalue weighted by Gasteiger charge is -2.38. The van der Waals surface area contributed by atoms with Crippen molar-refractivity contribution in [3.63, 3.8) is 0 Å². The molecule has 1 rings (SSSR count). The molecule has 1 saturated heterocycles. The van der Waals surface area contributed by atoms with Gasteiger partial charge in [0.25, 0.3) is 0 Å². The van der Waals surface area contributed by atoms with E-state index in [0.717, 1.165) is 26.2 Å².